The van der Waals surface area contributed by atoms with E-state index in [-0.39, 0.29) is 11.4 Å². The molecule has 0 radical (unpaired) electrons. The monoisotopic (exact) mass is 422 g/mol. The Bertz CT molecular complexity index is 914. The predicted molar refractivity (Wildman–Crippen MR) is 104 cm³/mol. The summed E-state index contributed by atoms with van der Waals surface area (Å²) in [7, 11) is 2.92. The molecule has 25 heavy (non-hydrogen) atoms. The maximum Gasteiger partial charge on any atom is 0.332 e. The fourth-order valence-electron chi connectivity index (χ4n) is 2.33. The molecule has 0 bridgehead atoms. The van der Waals surface area contributed by atoms with Crippen molar-refractivity contribution in [3.63, 3.8) is 0 Å². The number of halogens is 1. The van der Waals surface area contributed by atoms with E-state index in [9.17, 15) is 14.9 Å². The molecule has 0 aliphatic rings. The van der Waals surface area contributed by atoms with E-state index in [1.165, 1.54) is 16.5 Å². The van der Waals surface area contributed by atoms with Crippen LogP contribution in [0.15, 0.2) is 43.2 Å². The molecule has 132 valence electrons. The number of rotatable bonds is 7. The molecule has 6 nitrogen and oxygen atoms in total. The van der Waals surface area contributed by atoms with Gasteiger partial charge in [0.25, 0.3) is 5.56 Å². The lowest BCUT2D eigenvalue weighted by Gasteiger charge is -2.13. The van der Waals surface area contributed by atoms with E-state index in [1.54, 1.807) is 18.8 Å². The predicted octanol–water partition coefficient (Wildman–Crippen LogP) is 2.70. The second-order valence-electron chi connectivity index (χ2n) is 5.45. The Kier molecular flexibility index (Phi) is 6.91. The summed E-state index contributed by atoms with van der Waals surface area (Å²) in [6.45, 7) is 0.589. The summed E-state index contributed by atoms with van der Waals surface area (Å²) in [5.41, 5.74) is -1.05. The number of nitrogens with one attached hydrogen (secondary N) is 1. The van der Waals surface area contributed by atoms with Gasteiger partial charge in [-0.1, -0.05) is 12.1 Å². The minimum Gasteiger partial charge on any atom is -0.370 e. The number of nitrogens with zero attached hydrogens (tertiary/aromatic N) is 3. The molecule has 2 rings (SSSR count). The number of benzene rings is 1. The smallest absolute Gasteiger partial charge is 0.332 e. The van der Waals surface area contributed by atoms with Crippen LogP contribution in [0.1, 0.15) is 18.4 Å². The Morgan fingerprint density at radius 3 is 2.60 bits per heavy atom. The first kappa shape index (κ1) is 19.3. The van der Waals surface area contributed by atoms with Gasteiger partial charge in [0.1, 0.15) is 11.9 Å². The molecule has 1 heterocycles. The average molecular weight is 423 g/mol. The van der Waals surface area contributed by atoms with Crippen LogP contribution >= 0.6 is 27.7 Å². The van der Waals surface area contributed by atoms with Gasteiger partial charge in [-0.3, -0.25) is 13.9 Å². The molecule has 0 fully saturated rings. The highest BCUT2D eigenvalue weighted by Crippen LogP contribution is 2.27. The van der Waals surface area contributed by atoms with E-state index in [4.69, 9.17) is 0 Å². The summed E-state index contributed by atoms with van der Waals surface area (Å²) in [6.07, 6.45) is 1.84. The van der Waals surface area contributed by atoms with Gasteiger partial charge in [0, 0.05) is 30.0 Å². The van der Waals surface area contributed by atoms with Crippen LogP contribution in [0.2, 0.25) is 0 Å². The third-order valence-electron chi connectivity index (χ3n) is 3.73. The maximum atomic E-state index is 12.0. The van der Waals surface area contributed by atoms with Crippen molar-refractivity contribution in [3.8, 4) is 6.07 Å². The van der Waals surface area contributed by atoms with E-state index < -0.39 is 11.2 Å². The number of unbranched alkanes of at least 4 members (excludes halogenated alkanes) is 1. The Labute approximate surface area is 158 Å². The number of anilines is 1. The van der Waals surface area contributed by atoms with Crippen LogP contribution in [0.5, 0.6) is 0 Å². The summed E-state index contributed by atoms with van der Waals surface area (Å²) in [5.74, 6) is 1.25. The summed E-state index contributed by atoms with van der Waals surface area (Å²) < 4.78 is 3.33. The van der Waals surface area contributed by atoms with Crippen molar-refractivity contribution in [3.05, 3.63) is 55.1 Å². The minimum atomic E-state index is -0.572. The fraction of sp³-hybridized carbons (Fsp3) is 0.353. The van der Waals surface area contributed by atoms with E-state index in [2.05, 4.69) is 27.3 Å². The number of hydrogen-bond acceptors (Lipinski definition) is 5. The molecule has 1 N–H and O–H groups in total. The Balaban J connectivity index is 1.91. The molecule has 2 aromatic rings. The Hall–Kier alpha value is -1.98. The summed E-state index contributed by atoms with van der Waals surface area (Å²) in [4.78, 5) is 25.2. The van der Waals surface area contributed by atoms with Crippen molar-refractivity contribution in [2.45, 2.75) is 17.7 Å². The summed E-state index contributed by atoms with van der Waals surface area (Å²) >= 11 is 5.30. The van der Waals surface area contributed by atoms with Gasteiger partial charge in [-0.15, -0.1) is 11.8 Å². The lowest BCUT2D eigenvalue weighted by molar-refractivity contribution is 0.682. The zero-order valence-corrected chi connectivity index (χ0v) is 16.5. The van der Waals surface area contributed by atoms with Crippen LogP contribution in [0.3, 0.4) is 0 Å². The first-order valence-corrected chi connectivity index (χ1v) is 9.56. The minimum absolute atomic E-state index is 0.0350. The van der Waals surface area contributed by atoms with Gasteiger partial charge in [0.2, 0.25) is 0 Å². The highest BCUT2D eigenvalue weighted by atomic mass is 79.9. The SMILES string of the molecule is Cn1c(NCCCCSc2ccccc2Br)c(C#N)c(=O)n(C)c1=O. The molecule has 8 heteroatoms. The molecule has 0 aliphatic carbocycles. The largest absolute Gasteiger partial charge is 0.370 e. The molecular formula is C17H19BrN4O2S. The first-order valence-electron chi connectivity index (χ1n) is 7.78. The van der Waals surface area contributed by atoms with E-state index in [1.807, 2.05) is 24.3 Å². The molecule has 0 spiro atoms. The Morgan fingerprint density at radius 2 is 1.92 bits per heavy atom. The van der Waals surface area contributed by atoms with Crippen molar-refractivity contribution in [2.24, 2.45) is 14.1 Å². The lowest BCUT2D eigenvalue weighted by atomic mass is 10.3. The number of aromatic nitrogens is 2. The zero-order valence-electron chi connectivity index (χ0n) is 14.1. The zero-order chi connectivity index (χ0) is 18.4. The molecule has 0 saturated heterocycles. The normalized spacial score (nSPS) is 10.5. The molecule has 0 atom stereocenters. The van der Waals surface area contributed by atoms with E-state index in [0.717, 1.165) is 27.6 Å². The molecule has 1 aromatic carbocycles. The highest BCUT2D eigenvalue weighted by Gasteiger charge is 2.14. The average Bonchev–Trinajstić information content (AvgIpc) is 2.61. The van der Waals surface area contributed by atoms with E-state index >= 15 is 0 Å². The van der Waals surface area contributed by atoms with Gasteiger partial charge in [-0.25, -0.2) is 4.79 Å². The topological polar surface area (TPSA) is 79.8 Å². The van der Waals surface area contributed by atoms with E-state index in [0.29, 0.717) is 6.54 Å². The first-order chi connectivity index (χ1) is 12.0. The van der Waals surface area contributed by atoms with Gasteiger partial charge < -0.3 is 5.32 Å². The van der Waals surface area contributed by atoms with Crippen LogP contribution in [0, 0.1) is 11.3 Å². The van der Waals surface area contributed by atoms with Crippen molar-refractivity contribution >= 4 is 33.5 Å². The maximum absolute atomic E-state index is 12.0. The summed E-state index contributed by atoms with van der Waals surface area (Å²) in [5, 5.41) is 12.3. The molecular weight excluding hydrogens is 404 g/mol. The second kappa shape index (κ2) is 8.92. The van der Waals surface area contributed by atoms with Gasteiger partial charge >= 0.3 is 5.69 Å². The van der Waals surface area contributed by atoms with Crippen LogP contribution in [-0.4, -0.2) is 21.4 Å². The fourth-order valence-corrected chi connectivity index (χ4v) is 3.91. The standard InChI is InChI=1S/C17H19BrN4O2S/c1-21-15(12(11-19)16(23)22(2)17(21)24)20-9-5-6-10-25-14-8-4-3-7-13(14)18/h3-4,7-8,20H,5-6,9-10H2,1-2H3. The molecule has 0 amide bonds. The molecule has 0 aliphatic heterocycles. The van der Waals surface area contributed by atoms with Crippen molar-refractivity contribution in [1.29, 1.82) is 5.26 Å². The van der Waals surface area contributed by atoms with Crippen LogP contribution in [0.4, 0.5) is 5.82 Å². The van der Waals surface area contributed by atoms with Gasteiger partial charge in [0.05, 0.1) is 0 Å². The highest BCUT2D eigenvalue weighted by molar-refractivity contribution is 9.10. The third kappa shape index (κ3) is 4.55. The van der Waals surface area contributed by atoms with Crippen LogP contribution in [0.25, 0.3) is 0 Å². The van der Waals surface area contributed by atoms with Gasteiger partial charge in [0.15, 0.2) is 5.56 Å². The van der Waals surface area contributed by atoms with Crippen LogP contribution < -0.4 is 16.6 Å². The molecule has 0 unspecified atom stereocenters. The number of thioether (sulfide) groups is 1. The van der Waals surface area contributed by atoms with Gasteiger partial charge in [-0.2, -0.15) is 5.26 Å². The Morgan fingerprint density at radius 1 is 1.20 bits per heavy atom. The number of nitriles is 1. The molecule has 1 aromatic heterocycles. The number of hydrogen-bond donors (Lipinski definition) is 1. The third-order valence-corrected chi connectivity index (χ3v) is 5.85. The van der Waals surface area contributed by atoms with Crippen molar-refractivity contribution in [2.75, 3.05) is 17.6 Å². The lowest BCUT2D eigenvalue weighted by Crippen LogP contribution is -2.39. The van der Waals surface area contributed by atoms with Crippen LogP contribution in [-0.2, 0) is 14.1 Å². The van der Waals surface area contributed by atoms with Gasteiger partial charge in [-0.05, 0) is 46.7 Å². The molecule has 0 saturated carbocycles. The van der Waals surface area contributed by atoms with Crippen molar-refractivity contribution < 1.29 is 0 Å². The summed E-state index contributed by atoms with van der Waals surface area (Å²) in [6, 6.07) is 9.97. The van der Waals surface area contributed by atoms with Crippen molar-refractivity contribution in [1.82, 2.24) is 9.13 Å². The quantitative estimate of drug-likeness (QED) is 0.547. The second-order valence-corrected chi connectivity index (χ2v) is 7.45.